The van der Waals surface area contributed by atoms with Gasteiger partial charge in [0.05, 0.1) is 0 Å². The highest BCUT2D eigenvalue weighted by molar-refractivity contribution is 6.18. The molecule has 1 rings (SSSR count). The van der Waals surface area contributed by atoms with E-state index in [2.05, 4.69) is 17.3 Å². The van der Waals surface area contributed by atoms with Crippen molar-refractivity contribution in [1.29, 1.82) is 0 Å². The van der Waals surface area contributed by atoms with Crippen molar-refractivity contribution < 1.29 is 4.79 Å². The first-order valence-electron chi connectivity index (χ1n) is 4.77. The standard InChI is InChI=1S/C9H17ClN2O/c1-12-6-2-3-8(12)7-11-9(13)4-5-10/h8H,2-7H2,1H3,(H,11,13). The van der Waals surface area contributed by atoms with Crippen LogP contribution < -0.4 is 5.32 Å². The Labute approximate surface area is 84.4 Å². The summed E-state index contributed by atoms with van der Waals surface area (Å²) in [4.78, 5) is 13.4. The minimum atomic E-state index is 0.0651. The van der Waals surface area contributed by atoms with Crippen molar-refractivity contribution in [1.82, 2.24) is 10.2 Å². The van der Waals surface area contributed by atoms with Gasteiger partial charge in [0.25, 0.3) is 0 Å². The third-order valence-electron chi connectivity index (χ3n) is 2.53. The number of nitrogens with one attached hydrogen (secondary N) is 1. The average molecular weight is 205 g/mol. The zero-order valence-corrected chi connectivity index (χ0v) is 8.81. The van der Waals surface area contributed by atoms with Crippen molar-refractivity contribution in [2.75, 3.05) is 26.0 Å². The van der Waals surface area contributed by atoms with Crippen molar-refractivity contribution in [3.05, 3.63) is 0 Å². The maximum atomic E-state index is 11.1. The van der Waals surface area contributed by atoms with Crippen molar-refractivity contribution in [2.24, 2.45) is 0 Å². The highest BCUT2D eigenvalue weighted by Gasteiger charge is 2.20. The van der Waals surface area contributed by atoms with Crippen molar-refractivity contribution in [2.45, 2.75) is 25.3 Å². The molecule has 1 aliphatic rings. The van der Waals surface area contributed by atoms with E-state index in [0.29, 0.717) is 18.3 Å². The van der Waals surface area contributed by atoms with Gasteiger partial charge in [0.2, 0.25) is 5.91 Å². The lowest BCUT2D eigenvalue weighted by Gasteiger charge is -2.19. The molecule has 1 amide bonds. The second kappa shape index (κ2) is 5.45. The number of carbonyl (C=O) groups excluding carboxylic acids is 1. The van der Waals surface area contributed by atoms with E-state index in [0.717, 1.165) is 13.1 Å². The predicted octanol–water partition coefficient (Wildman–Crippen LogP) is 0.826. The molecule has 0 aromatic carbocycles. The minimum Gasteiger partial charge on any atom is -0.354 e. The summed E-state index contributed by atoms with van der Waals surface area (Å²) in [6, 6.07) is 0.527. The fourth-order valence-electron chi connectivity index (χ4n) is 1.64. The number of likely N-dealkylation sites (N-methyl/N-ethyl adjacent to an activating group) is 1. The maximum Gasteiger partial charge on any atom is 0.221 e. The SMILES string of the molecule is CN1CCCC1CNC(=O)CCCl. The molecular weight excluding hydrogens is 188 g/mol. The second-order valence-electron chi connectivity index (χ2n) is 3.52. The van der Waals surface area contributed by atoms with E-state index in [1.807, 2.05) is 0 Å². The molecule has 1 atom stereocenters. The number of likely N-dealkylation sites (tertiary alicyclic amines) is 1. The molecule has 0 spiro atoms. The molecule has 13 heavy (non-hydrogen) atoms. The number of halogens is 1. The number of amides is 1. The van der Waals surface area contributed by atoms with Gasteiger partial charge in [-0.2, -0.15) is 0 Å². The maximum absolute atomic E-state index is 11.1. The lowest BCUT2D eigenvalue weighted by atomic mass is 10.2. The molecule has 0 aliphatic carbocycles. The summed E-state index contributed by atoms with van der Waals surface area (Å²) in [7, 11) is 2.10. The van der Waals surface area contributed by atoms with Crippen LogP contribution in [-0.2, 0) is 4.79 Å². The molecule has 0 aromatic rings. The largest absolute Gasteiger partial charge is 0.354 e. The van der Waals surface area contributed by atoms with E-state index in [4.69, 9.17) is 11.6 Å². The number of carbonyl (C=O) groups is 1. The monoisotopic (exact) mass is 204 g/mol. The number of nitrogens with zero attached hydrogens (tertiary/aromatic N) is 1. The van der Waals surface area contributed by atoms with Gasteiger partial charge < -0.3 is 10.2 Å². The number of hydrogen-bond acceptors (Lipinski definition) is 2. The fourth-order valence-corrected chi connectivity index (χ4v) is 1.81. The topological polar surface area (TPSA) is 32.3 Å². The summed E-state index contributed by atoms with van der Waals surface area (Å²) in [5, 5.41) is 2.89. The van der Waals surface area contributed by atoms with Crippen molar-refractivity contribution in [3.8, 4) is 0 Å². The Balaban J connectivity index is 2.14. The van der Waals surface area contributed by atoms with Gasteiger partial charge in [0.1, 0.15) is 0 Å². The van der Waals surface area contributed by atoms with Crippen LogP contribution in [0.15, 0.2) is 0 Å². The first-order valence-corrected chi connectivity index (χ1v) is 5.30. The summed E-state index contributed by atoms with van der Waals surface area (Å²) in [6.45, 7) is 1.92. The van der Waals surface area contributed by atoms with E-state index in [1.165, 1.54) is 12.8 Å². The summed E-state index contributed by atoms with van der Waals surface area (Å²) < 4.78 is 0. The molecule has 0 aromatic heterocycles. The average Bonchev–Trinajstić information content (AvgIpc) is 2.48. The zero-order chi connectivity index (χ0) is 9.68. The predicted molar refractivity (Wildman–Crippen MR) is 54.0 cm³/mol. The lowest BCUT2D eigenvalue weighted by Crippen LogP contribution is -2.38. The third kappa shape index (κ3) is 3.53. The summed E-state index contributed by atoms with van der Waals surface area (Å²) in [5.74, 6) is 0.474. The Bertz CT molecular complexity index is 175. The molecule has 1 aliphatic heterocycles. The normalized spacial score (nSPS) is 23.4. The van der Waals surface area contributed by atoms with Gasteiger partial charge in [-0.15, -0.1) is 11.6 Å². The zero-order valence-electron chi connectivity index (χ0n) is 8.05. The molecule has 0 radical (unpaired) electrons. The summed E-state index contributed by atoms with van der Waals surface area (Å²) in [5.41, 5.74) is 0. The second-order valence-corrected chi connectivity index (χ2v) is 3.90. The number of rotatable bonds is 4. The van der Waals surface area contributed by atoms with Crippen LogP contribution in [0, 0.1) is 0 Å². The molecule has 1 saturated heterocycles. The van der Waals surface area contributed by atoms with Crippen LogP contribution in [0.1, 0.15) is 19.3 Å². The Kier molecular flexibility index (Phi) is 4.53. The van der Waals surface area contributed by atoms with Gasteiger partial charge in [-0.25, -0.2) is 0 Å². The Morgan fingerprint density at radius 1 is 1.69 bits per heavy atom. The molecule has 1 fully saturated rings. The molecule has 0 saturated carbocycles. The van der Waals surface area contributed by atoms with E-state index >= 15 is 0 Å². The smallest absolute Gasteiger partial charge is 0.221 e. The molecule has 4 heteroatoms. The molecular formula is C9H17ClN2O. The lowest BCUT2D eigenvalue weighted by molar-refractivity contribution is -0.120. The van der Waals surface area contributed by atoms with Gasteiger partial charge in [-0.1, -0.05) is 0 Å². The van der Waals surface area contributed by atoms with E-state index in [1.54, 1.807) is 0 Å². The van der Waals surface area contributed by atoms with Crippen LogP contribution in [0.2, 0.25) is 0 Å². The molecule has 1 N–H and O–H groups in total. The molecule has 0 bridgehead atoms. The van der Waals surface area contributed by atoms with E-state index in [9.17, 15) is 4.79 Å². The van der Waals surface area contributed by atoms with Crippen LogP contribution in [0.25, 0.3) is 0 Å². The quantitative estimate of drug-likeness (QED) is 0.688. The third-order valence-corrected chi connectivity index (χ3v) is 2.72. The van der Waals surface area contributed by atoms with E-state index in [-0.39, 0.29) is 5.91 Å². The number of hydrogen-bond donors (Lipinski definition) is 1. The van der Waals surface area contributed by atoms with Crippen LogP contribution in [0.3, 0.4) is 0 Å². The van der Waals surface area contributed by atoms with Crippen molar-refractivity contribution in [3.63, 3.8) is 0 Å². The molecule has 1 unspecified atom stereocenters. The summed E-state index contributed by atoms with van der Waals surface area (Å²) in [6.07, 6.45) is 2.86. The Hall–Kier alpha value is -0.280. The van der Waals surface area contributed by atoms with Crippen LogP contribution >= 0.6 is 11.6 Å². The molecule has 3 nitrogen and oxygen atoms in total. The first-order chi connectivity index (χ1) is 6.24. The van der Waals surface area contributed by atoms with E-state index < -0.39 is 0 Å². The van der Waals surface area contributed by atoms with Crippen LogP contribution in [-0.4, -0.2) is 42.9 Å². The molecule has 76 valence electrons. The Morgan fingerprint density at radius 3 is 3.00 bits per heavy atom. The minimum absolute atomic E-state index is 0.0651. The highest BCUT2D eigenvalue weighted by Crippen LogP contribution is 2.13. The van der Waals surface area contributed by atoms with Gasteiger partial charge in [-0.3, -0.25) is 4.79 Å². The van der Waals surface area contributed by atoms with Gasteiger partial charge in [0, 0.05) is 24.9 Å². The summed E-state index contributed by atoms with van der Waals surface area (Å²) >= 11 is 5.45. The van der Waals surface area contributed by atoms with Crippen molar-refractivity contribution >= 4 is 17.5 Å². The Morgan fingerprint density at radius 2 is 2.46 bits per heavy atom. The first kappa shape index (κ1) is 10.8. The van der Waals surface area contributed by atoms with Crippen LogP contribution in [0.5, 0.6) is 0 Å². The number of alkyl halides is 1. The van der Waals surface area contributed by atoms with Crippen LogP contribution in [0.4, 0.5) is 0 Å². The highest BCUT2D eigenvalue weighted by atomic mass is 35.5. The van der Waals surface area contributed by atoms with Gasteiger partial charge in [-0.05, 0) is 26.4 Å². The fraction of sp³-hybridized carbons (Fsp3) is 0.889. The van der Waals surface area contributed by atoms with Gasteiger partial charge in [0.15, 0.2) is 0 Å². The molecule has 1 heterocycles. The van der Waals surface area contributed by atoms with Gasteiger partial charge >= 0.3 is 0 Å².